The van der Waals surface area contributed by atoms with Crippen LogP contribution in [0.1, 0.15) is 36.5 Å². The second-order valence-corrected chi connectivity index (χ2v) is 12.0. The Bertz CT molecular complexity index is 1270. The summed E-state index contributed by atoms with van der Waals surface area (Å²) in [4.78, 5) is 29.4. The highest BCUT2D eigenvalue weighted by Gasteiger charge is 2.38. The van der Waals surface area contributed by atoms with E-state index < -0.39 is 27.9 Å². The number of thiazole rings is 1. The third-order valence-electron chi connectivity index (χ3n) is 5.00. The second-order valence-electron chi connectivity index (χ2n) is 7.10. The van der Waals surface area contributed by atoms with Crippen molar-refractivity contribution < 1.29 is 22.7 Å². The minimum Gasteiger partial charge on any atom is -0.462 e. The molecule has 3 aromatic rings. The van der Waals surface area contributed by atoms with E-state index in [2.05, 4.69) is 10.3 Å². The summed E-state index contributed by atoms with van der Waals surface area (Å²) in [6.45, 7) is 2.27. The molecule has 170 valence electrons. The van der Waals surface area contributed by atoms with Crippen LogP contribution < -0.4 is 5.32 Å². The number of rotatable bonds is 6. The Labute approximate surface area is 198 Å². The number of halogens is 1. The van der Waals surface area contributed by atoms with Crippen molar-refractivity contribution in [1.29, 1.82) is 0 Å². The Morgan fingerprint density at radius 3 is 2.78 bits per heavy atom. The summed E-state index contributed by atoms with van der Waals surface area (Å²) in [5.41, 5.74) is 1.03. The summed E-state index contributed by atoms with van der Waals surface area (Å²) in [5.74, 6) is -0.856. The number of hydrogen-bond acceptors (Lipinski definition) is 8. The summed E-state index contributed by atoms with van der Waals surface area (Å²) in [5, 5.41) is 3.10. The number of hydrogen-bond donors (Lipinski definition) is 1. The van der Waals surface area contributed by atoms with Gasteiger partial charge in [-0.25, -0.2) is 18.2 Å². The van der Waals surface area contributed by atoms with E-state index in [0.717, 1.165) is 17.8 Å². The third kappa shape index (κ3) is 4.67. The number of fused-ring (bicyclic) bond motifs is 1. The maximum absolute atomic E-state index is 13.1. The Kier molecular flexibility index (Phi) is 6.82. The first-order valence-electron chi connectivity index (χ1n) is 9.95. The van der Waals surface area contributed by atoms with Crippen LogP contribution in [0.3, 0.4) is 0 Å². The predicted octanol–water partition coefficient (Wildman–Crippen LogP) is 4.37. The van der Waals surface area contributed by atoms with Crippen LogP contribution in [0, 0.1) is 0 Å². The molecule has 1 N–H and O–H groups in total. The van der Waals surface area contributed by atoms with Crippen molar-refractivity contribution in [3.63, 3.8) is 0 Å². The fraction of sp³-hybridized carbons (Fsp3) is 0.350. The molecule has 0 radical (unpaired) electrons. The van der Waals surface area contributed by atoms with Crippen LogP contribution in [0.15, 0.2) is 34.5 Å². The van der Waals surface area contributed by atoms with Crippen molar-refractivity contribution in [3.05, 3.63) is 40.2 Å². The van der Waals surface area contributed by atoms with Crippen LogP contribution >= 0.6 is 34.3 Å². The molecule has 0 aliphatic carbocycles. The molecule has 0 saturated carbocycles. The summed E-state index contributed by atoms with van der Waals surface area (Å²) < 4.78 is 33.7. The molecule has 12 heteroatoms. The lowest BCUT2D eigenvalue weighted by Crippen LogP contribution is -2.49. The smallest absolute Gasteiger partial charge is 0.338 e. The molecular formula is C20H20ClN3O5S3. The van der Waals surface area contributed by atoms with Crippen molar-refractivity contribution in [2.45, 2.75) is 36.4 Å². The first-order chi connectivity index (χ1) is 15.3. The van der Waals surface area contributed by atoms with Gasteiger partial charge in [0.1, 0.15) is 10.3 Å². The van der Waals surface area contributed by atoms with E-state index >= 15 is 0 Å². The average Bonchev–Trinajstić information content (AvgIpc) is 3.39. The van der Waals surface area contributed by atoms with E-state index in [4.69, 9.17) is 16.3 Å². The molecule has 1 aromatic carbocycles. The van der Waals surface area contributed by atoms with Gasteiger partial charge in [0, 0.05) is 6.54 Å². The highest BCUT2D eigenvalue weighted by molar-refractivity contribution is 7.91. The lowest BCUT2D eigenvalue weighted by molar-refractivity contribution is -0.120. The monoisotopic (exact) mass is 513 g/mol. The van der Waals surface area contributed by atoms with E-state index in [9.17, 15) is 18.0 Å². The highest BCUT2D eigenvalue weighted by Crippen LogP contribution is 2.33. The van der Waals surface area contributed by atoms with Gasteiger partial charge in [0.05, 0.1) is 26.7 Å². The lowest BCUT2D eigenvalue weighted by atomic mass is 10.0. The third-order valence-corrected chi connectivity index (χ3v) is 9.54. The van der Waals surface area contributed by atoms with Gasteiger partial charge in [0.15, 0.2) is 5.13 Å². The van der Waals surface area contributed by atoms with E-state index in [1.807, 2.05) is 0 Å². The molecule has 32 heavy (non-hydrogen) atoms. The molecule has 4 rings (SSSR count). The van der Waals surface area contributed by atoms with Gasteiger partial charge in [0.2, 0.25) is 5.91 Å². The largest absolute Gasteiger partial charge is 0.462 e. The van der Waals surface area contributed by atoms with Crippen molar-refractivity contribution in [3.8, 4) is 0 Å². The maximum atomic E-state index is 13.1. The molecule has 1 atom stereocenters. The number of nitrogens with zero attached hydrogens (tertiary/aromatic N) is 2. The fourth-order valence-electron chi connectivity index (χ4n) is 3.51. The summed E-state index contributed by atoms with van der Waals surface area (Å²) >= 11 is 8.10. The molecule has 0 spiro atoms. The van der Waals surface area contributed by atoms with Crippen LogP contribution in [0.5, 0.6) is 0 Å². The molecule has 3 heterocycles. The number of aromatic nitrogens is 1. The fourth-order valence-corrected chi connectivity index (χ4v) is 7.69. The van der Waals surface area contributed by atoms with E-state index in [-0.39, 0.29) is 17.4 Å². The zero-order valence-electron chi connectivity index (χ0n) is 17.0. The zero-order valence-corrected chi connectivity index (χ0v) is 20.2. The number of benzene rings is 1. The number of ether oxygens (including phenoxy) is 1. The quantitative estimate of drug-likeness (QED) is 0.490. The number of piperidine rings is 1. The van der Waals surface area contributed by atoms with Crippen molar-refractivity contribution in [1.82, 2.24) is 9.29 Å². The molecule has 1 unspecified atom stereocenters. The Balaban J connectivity index is 1.55. The first-order valence-corrected chi connectivity index (χ1v) is 13.4. The minimum atomic E-state index is -3.83. The molecule has 2 aromatic heterocycles. The number of carbonyl (C=O) groups excluding carboxylic acids is 2. The minimum absolute atomic E-state index is 0.119. The van der Waals surface area contributed by atoms with E-state index in [1.54, 1.807) is 25.1 Å². The normalized spacial score (nSPS) is 17.4. The standard InChI is InChI=1S/C20H20ClN3O5S3/c1-2-29-19(26)12-6-7-13-15(11-12)30-20(22-13)23-18(25)14-5-3-4-10-24(14)32(27,28)17-9-8-16(21)31-17/h6-9,11,14H,2-5,10H2,1H3,(H,22,23,25). The van der Waals surface area contributed by atoms with Gasteiger partial charge in [-0.3, -0.25) is 4.79 Å². The van der Waals surface area contributed by atoms with Crippen LogP contribution in [0.4, 0.5) is 5.13 Å². The van der Waals surface area contributed by atoms with Crippen LogP contribution in [0.2, 0.25) is 4.34 Å². The van der Waals surface area contributed by atoms with E-state index in [1.165, 1.54) is 27.8 Å². The van der Waals surface area contributed by atoms with Gasteiger partial charge in [-0.1, -0.05) is 29.4 Å². The molecule has 1 aliphatic heterocycles. The zero-order chi connectivity index (χ0) is 22.9. The van der Waals surface area contributed by atoms with E-state index in [0.29, 0.717) is 38.1 Å². The summed E-state index contributed by atoms with van der Waals surface area (Å²) in [6, 6.07) is 7.12. The van der Waals surface area contributed by atoms with Gasteiger partial charge in [-0.05, 0) is 50.1 Å². The van der Waals surface area contributed by atoms with Crippen molar-refractivity contribution in [2.75, 3.05) is 18.5 Å². The van der Waals surface area contributed by atoms with Crippen molar-refractivity contribution in [2.24, 2.45) is 0 Å². The average molecular weight is 514 g/mol. The highest BCUT2D eigenvalue weighted by atomic mass is 35.5. The van der Waals surface area contributed by atoms with Crippen molar-refractivity contribution >= 4 is 71.5 Å². The SMILES string of the molecule is CCOC(=O)c1ccc2nc(NC(=O)C3CCCCN3S(=O)(=O)c3ccc(Cl)s3)sc2c1. The Morgan fingerprint density at radius 1 is 1.25 bits per heavy atom. The molecule has 1 saturated heterocycles. The van der Waals surface area contributed by atoms with Crippen LogP contribution in [-0.4, -0.2) is 48.8 Å². The van der Waals surface area contributed by atoms with Gasteiger partial charge < -0.3 is 10.1 Å². The summed E-state index contributed by atoms with van der Waals surface area (Å²) in [6.07, 6.45) is 1.85. The van der Waals surface area contributed by atoms with Gasteiger partial charge in [-0.15, -0.1) is 11.3 Å². The number of esters is 1. The second kappa shape index (κ2) is 9.44. The van der Waals surface area contributed by atoms with Crippen LogP contribution in [-0.2, 0) is 19.6 Å². The number of carbonyl (C=O) groups is 2. The molecule has 1 amide bonds. The lowest BCUT2D eigenvalue weighted by Gasteiger charge is -2.32. The summed E-state index contributed by atoms with van der Waals surface area (Å²) in [7, 11) is -3.83. The number of thiophene rings is 1. The molecular weight excluding hydrogens is 494 g/mol. The van der Waals surface area contributed by atoms with Gasteiger partial charge >= 0.3 is 5.97 Å². The van der Waals surface area contributed by atoms with Crippen LogP contribution in [0.25, 0.3) is 10.2 Å². The predicted molar refractivity (Wildman–Crippen MR) is 125 cm³/mol. The Morgan fingerprint density at radius 2 is 2.06 bits per heavy atom. The van der Waals surface area contributed by atoms with Gasteiger partial charge in [-0.2, -0.15) is 4.31 Å². The van der Waals surface area contributed by atoms with Gasteiger partial charge in [0.25, 0.3) is 10.0 Å². The number of nitrogens with one attached hydrogen (secondary N) is 1. The topological polar surface area (TPSA) is 106 Å². The maximum Gasteiger partial charge on any atom is 0.338 e. The number of anilines is 1. The molecule has 1 aliphatic rings. The molecule has 0 bridgehead atoms. The first kappa shape index (κ1) is 23.1. The number of sulfonamides is 1. The molecule has 1 fully saturated rings. The molecule has 8 nitrogen and oxygen atoms in total. The Hall–Kier alpha value is -2.05. The number of amides is 1.